The van der Waals surface area contributed by atoms with E-state index in [9.17, 15) is 0 Å². The lowest BCUT2D eigenvalue weighted by Gasteiger charge is -2.09. The average Bonchev–Trinajstić information content (AvgIpc) is 2.82. The van der Waals surface area contributed by atoms with Gasteiger partial charge in [-0.25, -0.2) is 0 Å². The molecule has 15 heteroatoms. The summed E-state index contributed by atoms with van der Waals surface area (Å²) in [6.07, 6.45) is 2.74. The fraction of sp³-hybridized carbons (Fsp3) is 0.278. The third kappa shape index (κ3) is 12.1. The van der Waals surface area contributed by atoms with Crippen LogP contribution in [0.15, 0.2) is 73.8 Å². The van der Waals surface area contributed by atoms with Gasteiger partial charge in [0.15, 0.2) is 5.75 Å². The molecule has 0 aliphatic carbocycles. The number of benzene rings is 2. The van der Waals surface area contributed by atoms with Crippen molar-refractivity contribution in [3.05, 3.63) is 59.7 Å². The van der Waals surface area contributed by atoms with Gasteiger partial charge in [-0.1, -0.05) is 25.8 Å². The van der Waals surface area contributed by atoms with E-state index >= 15 is 0 Å². The molecule has 0 aliphatic heterocycles. The third-order valence-corrected chi connectivity index (χ3v) is 7.60. The van der Waals surface area contributed by atoms with Crippen LogP contribution in [0, 0.1) is 0 Å². The summed E-state index contributed by atoms with van der Waals surface area (Å²) in [5.41, 5.74) is 2.20. The molecule has 0 bridgehead atoms. The highest BCUT2D eigenvalue weighted by molar-refractivity contribution is 8.04. The second-order valence-electron chi connectivity index (χ2n) is 6.60. The summed E-state index contributed by atoms with van der Waals surface area (Å²) >= 11 is 5.49. The molecule has 0 saturated heterocycles. The summed E-state index contributed by atoms with van der Waals surface area (Å²) < 4.78 is 13.2. The molecule has 2 aromatic carbocycles. The first-order chi connectivity index (χ1) is 16.0. The van der Waals surface area contributed by atoms with Gasteiger partial charge in [0.1, 0.15) is 22.3 Å². The zero-order valence-corrected chi connectivity index (χ0v) is 24.0. The molecule has 0 aliphatic rings. The largest absolute Gasteiger partial charge is 0.540 e. The minimum atomic E-state index is -1.31. The van der Waals surface area contributed by atoms with Crippen molar-refractivity contribution in [3.8, 4) is 11.5 Å². The standard InChI is InChI=1S/C18H25N7O2P5S/c1-24(2)13-12-15-4-10-18(11-5-15)27-32(33)25(3)19-14-16-6-8-17(9-7-16)26-31-30-23-21-20-22-29-28/h4-11,14,31H,12-13,28H2,1-3H3/q+1/b19-14+,21-20+. The maximum atomic E-state index is 5.88. The minimum Gasteiger partial charge on any atom is -0.467 e. The Kier molecular flexibility index (Phi) is 13.8. The Morgan fingerprint density at radius 1 is 1.03 bits per heavy atom. The van der Waals surface area contributed by atoms with Crippen LogP contribution in [0.1, 0.15) is 11.1 Å². The summed E-state index contributed by atoms with van der Waals surface area (Å²) in [7, 11) is 8.55. The zero-order chi connectivity index (χ0) is 23.9. The normalized spacial score (nSPS) is 12.8. The van der Waals surface area contributed by atoms with Gasteiger partial charge in [-0.2, -0.15) is 0 Å². The number of hydrazone groups is 1. The van der Waals surface area contributed by atoms with Gasteiger partial charge in [0, 0.05) is 6.54 Å². The van der Waals surface area contributed by atoms with E-state index in [-0.39, 0.29) is 8.50 Å². The van der Waals surface area contributed by atoms with Crippen molar-refractivity contribution in [1.82, 2.24) is 9.68 Å². The molecule has 2 rings (SSSR count). The number of rotatable bonds is 13. The molecular formula is C18H25N7O2P5S+. The Hall–Kier alpha value is -1.35. The highest BCUT2D eigenvalue weighted by Crippen LogP contribution is 2.33. The molecule has 0 aromatic heterocycles. The lowest BCUT2D eigenvalue weighted by molar-refractivity contribution is 0.413. The number of nitrogens with zero attached hydrogens (tertiary/aromatic N) is 7. The molecule has 0 heterocycles. The van der Waals surface area contributed by atoms with Crippen molar-refractivity contribution in [2.24, 2.45) is 25.3 Å². The topological polar surface area (TPSA) is 86.7 Å². The van der Waals surface area contributed by atoms with Crippen LogP contribution in [0.2, 0.25) is 0 Å². The van der Waals surface area contributed by atoms with E-state index in [0.29, 0.717) is 16.1 Å². The van der Waals surface area contributed by atoms with Gasteiger partial charge in [-0.15, -0.1) is 14.8 Å². The smallest absolute Gasteiger partial charge is 0.467 e. The third-order valence-electron chi connectivity index (χ3n) is 3.87. The quantitative estimate of drug-likeness (QED) is 0.113. The highest BCUT2D eigenvalue weighted by atomic mass is 32.4. The minimum absolute atomic E-state index is 0.126. The van der Waals surface area contributed by atoms with Crippen LogP contribution >= 0.6 is 40.6 Å². The molecule has 0 radical (unpaired) electrons. The van der Waals surface area contributed by atoms with E-state index in [1.807, 2.05) is 43.4 Å². The van der Waals surface area contributed by atoms with Crippen LogP contribution in [0.4, 0.5) is 0 Å². The van der Waals surface area contributed by atoms with Crippen LogP contribution < -0.4 is 9.05 Å². The number of hydrogen-bond donors (Lipinski definition) is 0. The maximum Gasteiger partial charge on any atom is 0.540 e. The molecule has 3 atom stereocenters. The monoisotopic (exact) mass is 558 g/mol. The van der Waals surface area contributed by atoms with Crippen molar-refractivity contribution in [2.45, 2.75) is 6.42 Å². The second-order valence-corrected chi connectivity index (χ2v) is 11.8. The van der Waals surface area contributed by atoms with E-state index in [1.165, 1.54) is 5.56 Å². The lowest BCUT2D eigenvalue weighted by Crippen LogP contribution is -2.14. The SMILES string of the molecule is CN(C)CCc1ccc(O[P+](=S)N(C)/N=C/c2ccc(OPP=N/N=N/N=PP)cc2)cc1. The van der Waals surface area contributed by atoms with Gasteiger partial charge in [-0.3, -0.25) is 4.52 Å². The second kappa shape index (κ2) is 16.3. The van der Waals surface area contributed by atoms with Gasteiger partial charge >= 0.3 is 7.07 Å². The van der Waals surface area contributed by atoms with Gasteiger partial charge in [0.2, 0.25) is 11.8 Å². The van der Waals surface area contributed by atoms with Crippen molar-refractivity contribution in [3.63, 3.8) is 0 Å². The summed E-state index contributed by atoms with van der Waals surface area (Å²) in [5, 5.41) is 11.4. The van der Waals surface area contributed by atoms with Gasteiger partial charge in [-0.05, 0) is 78.5 Å². The Morgan fingerprint density at radius 3 is 2.36 bits per heavy atom. The van der Waals surface area contributed by atoms with Crippen LogP contribution in [-0.2, 0) is 18.2 Å². The maximum absolute atomic E-state index is 5.88. The van der Waals surface area contributed by atoms with E-state index < -0.39 is 7.07 Å². The van der Waals surface area contributed by atoms with E-state index in [4.69, 9.17) is 20.9 Å². The van der Waals surface area contributed by atoms with Crippen LogP contribution in [0.25, 0.3) is 0 Å². The van der Waals surface area contributed by atoms with Crippen molar-refractivity contribution in [1.29, 1.82) is 0 Å². The Morgan fingerprint density at radius 2 is 1.70 bits per heavy atom. The van der Waals surface area contributed by atoms with Crippen molar-refractivity contribution in [2.75, 3.05) is 27.7 Å². The first kappa shape index (κ1) is 27.9. The van der Waals surface area contributed by atoms with Gasteiger partial charge < -0.3 is 9.42 Å². The van der Waals surface area contributed by atoms with Crippen molar-refractivity contribution < 1.29 is 9.05 Å². The molecular weight excluding hydrogens is 533 g/mol. The molecule has 0 spiro atoms. The molecule has 33 heavy (non-hydrogen) atoms. The van der Waals surface area contributed by atoms with Crippen LogP contribution in [0.5, 0.6) is 11.5 Å². The first-order valence-corrected chi connectivity index (χ1v) is 16.8. The predicted octanol–water partition coefficient (Wildman–Crippen LogP) is 7.13. The van der Waals surface area contributed by atoms with Gasteiger partial charge in [0.05, 0.1) is 21.3 Å². The number of hydrogen-bond acceptors (Lipinski definition) is 5. The van der Waals surface area contributed by atoms with Crippen LogP contribution in [0.3, 0.4) is 0 Å². The summed E-state index contributed by atoms with van der Waals surface area (Å²) in [5.74, 6) is 1.49. The number of likely N-dealkylation sites (N-methyl/N-ethyl adjacent to an activating group) is 1. The van der Waals surface area contributed by atoms with Gasteiger partial charge in [0.25, 0.3) is 0 Å². The Labute approximate surface area is 207 Å². The Balaban J connectivity index is 1.79. The van der Waals surface area contributed by atoms with Crippen LogP contribution in [-0.4, -0.2) is 43.6 Å². The molecule has 0 N–H and O–H groups in total. The van der Waals surface area contributed by atoms with E-state index in [2.05, 4.69) is 65.3 Å². The van der Waals surface area contributed by atoms with E-state index in [0.717, 1.165) is 30.0 Å². The average molecular weight is 558 g/mol. The summed E-state index contributed by atoms with van der Waals surface area (Å²) in [6, 6.07) is 15.6. The molecule has 3 unspecified atom stereocenters. The van der Waals surface area contributed by atoms with E-state index in [1.54, 1.807) is 11.0 Å². The Bertz CT molecular complexity index is 989. The molecule has 0 saturated carbocycles. The molecule has 9 nitrogen and oxygen atoms in total. The molecule has 174 valence electrons. The molecule has 2 aromatic rings. The summed E-state index contributed by atoms with van der Waals surface area (Å²) in [6.45, 7) is 1.01. The zero-order valence-electron chi connectivity index (χ0n) is 18.4. The fourth-order valence-corrected chi connectivity index (χ4v) is 4.43. The summed E-state index contributed by atoms with van der Waals surface area (Å²) in [4.78, 5) is 9.62. The lowest BCUT2D eigenvalue weighted by atomic mass is 10.1. The fourth-order valence-electron chi connectivity index (χ4n) is 2.20. The highest BCUT2D eigenvalue weighted by Gasteiger charge is 2.20. The molecule has 0 fully saturated rings. The predicted molar refractivity (Wildman–Crippen MR) is 148 cm³/mol. The molecule has 0 amide bonds. The first-order valence-electron chi connectivity index (χ1n) is 9.56. The van der Waals surface area contributed by atoms with Crippen molar-refractivity contribution >= 4 is 58.6 Å².